The van der Waals surface area contributed by atoms with Crippen LogP contribution in [0.3, 0.4) is 0 Å². The molecule has 0 saturated heterocycles. The van der Waals surface area contributed by atoms with Gasteiger partial charge in [-0.15, -0.1) is 0 Å². The van der Waals surface area contributed by atoms with Crippen LogP contribution < -0.4 is 15.2 Å². The summed E-state index contributed by atoms with van der Waals surface area (Å²) in [4.78, 5) is 0. The summed E-state index contributed by atoms with van der Waals surface area (Å²) >= 11 is 0. The van der Waals surface area contributed by atoms with Gasteiger partial charge in [0.25, 0.3) is 0 Å². The Bertz CT molecular complexity index is 568. The number of hydrogen-bond acceptors (Lipinski definition) is 5. The molecule has 1 aliphatic rings. The molecule has 1 aromatic carbocycles. The highest BCUT2D eigenvalue weighted by molar-refractivity contribution is 7.89. The third-order valence-corrected chi connectivity index (χ3v) is 4.92. The van der Waals surface area contributed by atoms with Crippen LogP contribution in [0.2, 0.25) is 0 Å². The maximum absolute atomic E-state index is 11.9. The van der Waals surface area contributed by atoms with Gasteiger partial charge in [0.05, 0.1) is 11.4 Å². The predicted octanol–water partition coefficient (Wildman–Crippen LogP) is 0.872. The van der Waals surface area contributed by atoms with E-state index < -0.39 is 15.6 Å². The number of hydrogen-bond donors (Lipinski definition) is 3. The van der Waals surface area contributed by atoms with Crippen molar-refractivity contribution < 1.29 is 18.3 Å². The summed E-state index contributed by atoms with van der Waals surface area (Å²) in [5.74, 6) is 0.386. The summed E-state index contributed by atoms with van der Waals surface area (Å²) in [6, 6.07) is 6.83. The molecule has 0 radical (unpaired) electrons. The normalized spacial score (nSPS) is 17.8. The zero-order chi connectivity index (χ0) is 15.3. The Kier molecular flexibility index (Phi) is 5.08. The van der Waals surface area contributed by atoms with Crippen LogP contribution in [0.1, 0.15) is 25.7 Å². The lowest BCUT2D eigenvalue weighted by Gasteiger charge is -2.22. The number of nitrogens with one attached hydrogen (secondary N) is 1. The molecule has 1 aliphatic carbocycles. The van der Waals surface area contributed by atoms with E-state index in [1.54, 1.807) is 24.3 Å². The van der Waals surface area contributed by atoms with Gasteiger partial charge in [0, 0.05) is 18.3 Å². The minimum Gasteiger partial charge on any atom is -0.492 e. The third kappa shape index (κ3) is 5.18. The Labute approximate surface area is 125 Å². The van der Waals surface area contributed by atoms with Gasteiger partial charge in [0.15, 0.2) is 0 Å². The molecule has 0 unspecified atom stereocenters. The Morgan fingerprint density at radius 2 is 2.05 bits per heavy atom. The first-order chi connectivity index (χ1) is 9.89. The van der Waals surface area contributed by atoms with Crippen molar-refractivity contribution in [2.45, 2.75) is 31.3 Å². The van der Waals surface area contributed by atoms with Crippen molar-refractivity contribution in [3.8, 4) is 5.75 Å². The minimum absolute atomic E-state index is 0.0389. The van der Waals surface area contributed by atoms with Crippen LogP contribution in [0.4, 0.5) is 5.69 Å². The fourth-order valence-electron chi connectivity index (χ4n) is 2.40. The van der Waals surface area contributed by atoms with E-state index >= 15 is 0 Å². The van der Waals surface area contributed by atoms with Gasteiger partial charge in [-0.2, -0.15) is 0 Å². The van der Waals surface area contributed by atoms with Gasteiger partial charge in [0.1, 0.15) is 12.4 Å². The smallest absolute Gasteiger partial charge is 0.215 e. The van der Waals surface area contributed by atoms with Crippen LogP contribution in [0.25, 0.3) is 0 Å². The maximum Gasteiger partial charge on any atom is 0.215 e. The maximum atomic E-state index is 11.9. The molecule has 1 saturated carbocycles. The second kappa shape index (κ2) is 6.64. The average molecular weight is 314 g/mol. The van der Waals surface area contributed by atoms with E-state index in [1.165, 1.54) is 0 Å². The number of benzene rings is 1. The lowest BCUT2D eigenvalue weighted by molar-refractivity contribution is 0.0531. The average Bonchev–Trinajstić information content (AvgIpc) is 2.84. The predicted molar refractivity (Wildman–Crippen MR) is 81.6 cm³/mol. The molecule has 0 heterocycles. The number of nitrogen functional groups attached to an aromatic ring is 1. The van der Waals surface area contributed by atoms with Crippen molar-refractivity contribution in [1.29, 1.82) is 0 Å². The van der Waals surface area contributed by atoms with Crippen molar-refractivity contribution in [3.63, 3.8) is 0 Å². The van der Waals surface area contributed by atoms with Crippen molar-refractivity contribution in [2.24, 2.45) is 0 Å². The van der Waals surface area contributed by atoms with Crippen molar-refractivity contribution in [3.05, 3.63) is 24.3 Å². The van der Waals surface area contributed by atoms with Crippen LogP contribution in [-0.2, 0) is 10.0 Å². The van der Waals surface area contributed by atoms with Crippen molar-refractivity contribution in [1.82, 2.24) is 4.72 Å². The van der Waals surface area contributed by atoms with E-state index in [9.17, 15) is 13.5 Å². The van der Waals surface area contributed by atoms with Crippen LogP contribution in [0.15, 0.2) is 24.3 Å². The van der Waals surface area contributed by atoms with Gasteiger partial charge in [0.2, 0.25) is 10.0 Å². The van der Waals surface area contributed by atoms with E-state index in [0.29, 0.717) is 24.3 Å². The highest BCUT2D eigenvalue weighted by atomic mass is 32.2. The zero-order valence-corrected chi connectivity index (χ0v) is 12.7. The van der Waals surface area contributed by atoms with Gasteiger partial charge in [-0.1, -0.05) is 18.9 Å². The molecule has 21 heavy (non-hydrogen) atoms. The Morgan fingerprint density at radius 3 is 2.71 bits per heavy atom. The molecule has 1 aromatic rings. The molecule has 1 fully saturated rings. The summed E-state index contributed by atoms with van der Waals surface area (Å²) in [6.45, 7) is 0.116. The molecule has 0 atom stereocenters. The van der Waals surface area contributed by atoms with Crippen LogP contribution in [0, 0.1) is 0 Å². The molecule has 6 nitrogen and oxygen atoms in total. The number of nitrogens with two attached hydrogens (primary N) is 1. The summed E-state index contributed by atoms with van der Waals surface area (Å²) < 4.78 is 31.5. The number of rotatable bonds is 7. The number of anilines is 1. The molecular formula is C14H22N2O4S. The van der Waals surface area contributed by atoms with Gasteiger partial charge in [-0.25, -0.2) is 13.1 Å². The summed E-state index contributed by atoms with van der Waals surface area (Å²) in [5.41, 5.74) is 5.29. The van der Waals surface area contributed by atoms with Gasteiger partial charge in [-0.3, -0.25) is 0 Å². The highest BCUT2D eigenvalue weighted by Gasteiger charge is 2.32. The first kappa shape index (κ1) is 16.1. The van der Waals surface area contributed by atoms with Crippen LogP contribution in [-0.4, -0.2) is 38.0 Å². The Balaban J connectivity index is 1.76. The minimum atomic E-state index is -3.45. The lowest BCUT2D eigenvalue weighted by Crippen LogP contribution is -2.42. The third-order valence-electron chi connectivity index (χ3n) is 3.63. The zero-order valence-electron chi connectivity index (χ0n) is 11.9. The monoisotopic (exact) mass is 314 g/mol. The molecule has 7 heteroatoms. The SMILES string of the molecule is Nc1cccc(OCCS(=O)(=O)NCC2(O)CCCC2)c1. The van der Waals surface area contributed by atoms with E-state index in [4.69, 9.17) is 10.5 Å². The van der Waals surface area contributed by atoms with E-state index in [2.05, 4.69) is 4.72 Å². The molecule has 0 spiro atoms. The van der Waals surface area contributed by atoms with Gasteiger partial charge >= 0.3 is 0 Å². The molecule has 2 rings (SSSR count). The molecule has 4 N–H and O–H groups in total. The molecule has 0 amide bonds. The van der Waals surface area contributed by atoms with Crippen molar-refractivity contribution in [2.75, 3.05) is 24.6 Å². The largest absolute Gasteiger partial charge is 0.492 e. The first-order valence-electron chi connectivity index (χ1n) is 7.07. The topological polar surface area (TPSA) is 102 Å². The second-order valence-corrected chi connectivity index (χ2v) is 7.42. The van der Waals surface area contributed by atoms with Crippen LogP contribution >= 0.6 is 0 Å². The van der Waals surface area contributed by atoms with Crippen molar-refractivity contribution >= 4 is 15.7 Å². The quantitative estimate of drug-likeness (QED) is 0.648. The highest BCUT2D eigenvalue weighted by Crippen LogP contribution is 2.28. The summed E-state index contributed by atoms with van der Waals surface area (Å²) in [7, 11) is -3.45. The fraction of sp³-hybridized carbons (Fsp3) is 0.571. The standard InChI is InChI=1S/C14H22N2O4S/c15-12-4-3-5-13(10-12)20-8-9-21(18,19)16-11-14(17)6-1-2-7-14/h3-5,10,16-17H,1-2,6-9,11,15H2. The van der Waals surface area contributed by atoms with E-state index in [-0.39, 0.29) is 18.9 Å². The first-order valence-corrected chi connectivity index (χ1v) is 8.72. The summed E-state index contributed by atoms with van der Waals surface area (Å²) in [5, 5.41) is 10.1. The summed E-state index contributed by atoms with van der Waals surface area (Å²) in [6.07, 6.45) is 3.18. The Hall–Kier alpha value is -1.31. The number of sulfonamides is 1. The Morgan fingerprint density at radius 1 is 1.33 bits per heavy atom. The lowest BCUT2D eigenvalue weighted by atomic mass is 10.0. The van der Waals surface area contributed by atoms with E-state index in [0.717, 1.165) is 12.8 Å². The second-order valence-electron chi connectivity index (χ2n) is 5.49. The molecule has 0 aliphatic heterocycles. The van der Waals surface area contributed by atoms with Crippen LogP contribution in [0.5, 0.6) is 5.75 Å². The number of aliphatic hydroxyl groups is 1. The molecule has 0 aromatic heterocycles. The molecule has 0 bridgehead atoms. The van der Waals surface area contributed by atoms with Gasteiger partial charge in [-0.05, 0) is 25.0 Å². The van der Waals surface area contributed by atoms with E-state index in [1.807, 2.05) is 0 Å². The van der Waals surface area contributed by atoms with Gasteiger partial charge < -0.3 is 15.6 Å². The number of ether oxygens (including phenoxy) is 1. The molecule has 118 valence electrons. The molecular weight excluding hydrogens is 292 g/mol. The fourth-order valence-corrected chi connectivity index (χ4v) is 3.34.